The molecule has 3 N–H and O–H groups in total. The Morgan fingerprint density at radius 3 is 3.00 bits per heavy atom. The van der Waals surface area contributed by atoms with Gasteiger partial charge in [-0.2, -0.15) is 0 Å². The van der Waals surface area contributed by atoms with Crippen LogP contribution >= 0.6 is 0 Å². The minimum Gasteiger partial charge on any atom is -0.488 e. The Hall–Kier alpha value is -2.07. The Bertz CT molecular complexity index is 575. The molecule has 1 aliphatic heterocycles. The van der Waals surface area contributed by atoms with E-state index in [1.807, 2.05) is 31.4 Å². The molecule has 0 saturated carbocycles. The molecule has 2 aromatic rings. The van der Waals surface area contributed by atoms with Gasteiger partial charge in [-0.25, -0.2) is 0 Å². The lowest BCUT2D eigenvalue weighted by molar-refractivity contribution is 0.182. The third-order valence-electron chi connectivity index (χ3n) is 3.87. The molecule has 0 radical (unpaired) electrons. The van der Waals surface area contributed by atoms with E-state index in [4.69, 9.17) is 10.5 Å². The van der Waals surface area contributed by atoms with Crippen LogP contribution in [0.25, 0.3) is 0 Å². The van der Waals surface area contributed by atoms with Gasteiger partial charge in [0.15, 0.2) is 0 Å². The monoisotopic (exact) mass is 269 g/mol. The Kier molecular flexibility index (Phi) is 3.56. The van der Waals surface area contributed by atoms with Crippen LogP contribution in [-0.2, 0) is 12.8 Å². The summed E-state index contributed by atoms with van der Waals surface area (Å²) in [5.41, 5.74) is 9.12. The van der Waals surface area contributed by atoms with E-state index in [1.165, 1.54) is 5.56 Å². The SMILES string of the molecule is CNC(Cc1cnccc1N)C1Cc2ccccc2O1. The lowest BCUT2D eigenvalue weighted by atomic mass is 9.98. The van der Waals surface area contributed by atoms with Gasteiger partial charge in [-0.15, -0.1) is 0 Å². The lowest BCUT2D eigenvalue weighted by Gasteiger charge is -2.23. The molecule has 0 fully saturated rings. The molecule has 20 heavy (non-hydrogen) atoms. The van der Waals surface area contributed by atoms with Crippen LogP contribution in [0.15, 0.2) is 42.7 Å². The van der Waals surface area contributed by atoms with Crippen LogP contribution in [0.2, 0.25) is 0 Å². The van der Waals surface area contributed by atoms with Gasteiger partial charge in [0.25, 0.3) is 0 Å². The second-order valence-corrected chi connectivity index (χ2v) is 5.14. The maximum absolute atomic E-state index is 6.05. The van der Waals surface area contributed by atoms with Crippen LogP contribution in [-0.4, -0.2) is 24.2 Å². The molecule has 0 amide bonds. The lowest BCUT2D eigenvalue weighted by Crippen LogP contribution is -2.42. The smallest absolute Gasteiger partial charge is 0.123 e. The van der Waals surface area contributed by atoms with E-state index in [9.17, 15) is 0 Å². The van der Waals surface area contributed by atoms with Gasteiger partial charge in [0.05, 0.1) is 0 Å². The molecule has 1 aromatic carbocycles. The van der Waals surface area contributed by atoms with Crippen molar-refractivity contribution in [2.24, 2.45) is 0 Å². The number of nitrogen functional groups attached to an aromatic ring is 1. The first-order chi connectivity index (χ1) is 9.78. The van der Waals surface area contributed by atoms with Crippen LogP contribution < -0.4 is 15.8 Å². The molecule has 104 valence electrons. The van der Waals surface area contributed by atoms with Crippen LogP contribution in [0.4, 0.5) is 5.69 Å². The van der Waals surface area contributed by atoms with Gasteiger partial charge in [-0.3, -0.25) is 4.98 Å². The highest BCUT2D eigenvalue weighted by atomic mass is 16.5. The molecule has 3 rings (SSSR count). The average molecular weight is 269 g/mol. The standard InChI is InChI=1S/C16H19N3O/c1-18-14(8-12-10-19-7-6-13(12)17)16-9-11-4-2-3-5-15(11)20-16/h2-7,10,14,16,18H,8-9H2,1H3,(H2,17,19). The minimum atomic E-state index is 0.136. The van der Waals surface area contributed by atoms with Crippen molar-refractivity contribution in [1.82, 2.24) is 10.3 Å². The molecule has 1 aliphatic rings. The molecule has 0 bridgehead atoms. The van der Waals surface area contributed by atoms with E-state index >= 15 is 0 Å². The molecular formula is C16H19N3O. The Morgan fingerprint density at radius 2 is 2.25 bits per heavy atom. The van der Waals surface area contributed by atoms with Gasteiger partial charge in [-0.05, 0) is 36.7 Å². The van der Waals surface area contributed by atoms with E-state index in [2.05, 4.69) is 22.4 Å². The third kappa shape index (κ3) is 2.47. The predicted octanol–water partition coefficient (Wildman–Crippen LogP) is 1.80. The molecule has 2 heterocycles. The normalized spacial score (nSPS) is 18.4. The zero-order valence-corrected chi connectivity index (χ0v) is 11.5. The summed E-state index contributed by atoms with van der Waals surface area (Å²) in [5.74, 6) is 0.997. The van der Waals surface area contributed by atoms with Crippen molar-refractivity contribution in [2.45, 2.75) is 25.0 Å². The number of hydrogen-bond donors (Lipinski definition) is 2. The van der Waals surface area contributed by atoms with Crippen molar-refractivity contribution in [2.75, 3.05) is 12.8 Å². The van der Waals surface area contributed by atoms with Gasteiger partial charge in [-0.1, -0.05) is 18.2 Å². The number of nitrogens with zero attached hydrogens (tertiary/aromatic N) is 1. The minimum absolute atomic E-state index is 0.136. The number of rotatable bonds is 4. The van der Waals surface area contributed by atoms with Crippen molar-refractivity contribution in [3.63, 3.8) is 0 Å². The van der Waals surface area contributed by atoms with Gasteiger partial charge >= 0.3 is 0 Å². The highest BCUT2D eigenvalue weighted by molar-refractivity contribution is 5.45. The summed E-state index contributed by atoms with van der Waals surface area (Å²) in [6.07, 6.45) is 5.44. The zero-order valence-electron chi connectivity index (χ0n) is 11.5. The van der Waals surface area contributed by atoms with E-state index in [1.54, 1.807) is 6.20 Å². The second kappa shape index (κ2) is 5.51. The fourth-order valence-corrected chi connectivity index (χ4v) is 2.70. The third-order valence-corrected chi connectivity index (χ3v) is 3.87. The van der Waals surface area contributed by atoms with Crippen molar-refractivity contribution >= 4 is 5.69 Å². The first-order valence-electron chi connectivity index (χ1n) is 6.88. The molecular weight excluding hydrogens is 250 g/mol. The summed E-state index contributed by atoms with van der Waals surface area (Å²) in [7, 11) is 1.96. The molecule has 0 spiro atoms. The first kappa shape index (κ1) is 12.9. The number of hydrogen-bond acceptors (Lipinski definition) is 4. The zero-order chi connectivity index (χ0) is 13.9. The van der Waals surface area contributed by atoms with Gasteiger partial charge in [0, 0.05) is 30.5 Å². The van der Waals surface area contributed by atoms with Crippen LogP contribution in [0.1, 0.15) is 11.1 Å². The fraction of sp³-hybridized carbons (Fsp3) is 0.312. The summed E-state index contributed by atoms with van der Waals surface area (Å²) in [6, 6.07) is 10.3. The summed E-state index contributed by atoms with van der Waals surface area (Å²) in [5, 5.41) is 3.35. The topological polar surface area (TPSA) is 60.2 Å². The van der Waals surface area contributed by atoms with Crippen molar-refractivity contribution in [1.29, 1.82) is 0 Å². The van der Waals surface area contributed by atoms with E-state index in [0.717, 1.165) is 29.8 Å². The highest BCUT2D eigenvalue weighted by Gasteiger charge is 2.29. The number of ether oxygens (including phenoxy) is 1. The van der Waals surface area contributed by atoms with Crippen molar-refractivity contribution in [3.05, 3.63) is 53.9 Å². The molecule has 2 atom stereocenters. The van der Waals surface area contributed by atoms with E-state index < -0.39 is 0 Å². The Balaban J connectivity index is 1.74. The maximum atomic E-state index is 6.05. The van der Waals surface area contributed by atoms with E-state index in [-0.39, 0.29) is 12.1 Å². The molecule has 2 unspecified atom stereocenters. The number of nitrogens with one attached hydrogen (secondary N) is 1. The first-order valence-corrected chi connectivity index (χ1v) is 6.88. The summed E-state index contributed by atoms with van der Waals surface area (Å²) < 4.78 is 6.05. The summed E-state index contributed by atoms with van der Waals surface area (Å²) >= 11 is 0. The van der Waals surface area contributed by atoms with Crippen LogP contribution in [0, 0.1) is 0 Å². The van der Waals surface area contributed by atoms with Crippen LogP contribution in [0.5, 0.6) is 5.75 Å². The van der Waals surface area contributed by atoms with Crippen LogP contribution in [0.3, 0.4) is 0 Å². The molecule has 1 aromatic heterocycles. The van der Waals surface area contributed by atoms with Gasteiger partial charge in [0.1, 0.15) is 11.9 Å². The molecule has 0 saturated heterocycles. The summed E-state index contributed by atoms with van der Waals surface area (Å²) in [4.78, 5) is 4.15. The number of benzene rings is 1. The number of para-hydroxylation sites is 1. The second-order valence-electron chi connectivity index (χ2n) is 5.14. The molecule has 0 aliphatic carbocycles. The van der Waals surface area contributed by atoms with Gasteiger partial charge in [0.2, 0.25) is 0 Å². The number of likely N-dealkylation sites (N-methyl/N-ethyl adjacent to an activating group) is 1. The van der Waals surface area contributed by atoms with E-state index in [0.29, 0.717) is 0 Å². The number of aromatic nitrogens is 1. The van der Waals surface area contributed by atoms with Crippen molar-refractivity contribution in [3.8, 4) is 5.75 Å². The van der Waals surface area contributed by atoms with Crippen molar-refractivity contribution < 1.29 is 4.74 Å². The van der Waals surface area contributed by atoms with Gasteiger partial charge < -0.3 is 15.8 Å². The summed E-state index contributed by atoms with van der Waals surface area (Å²) in [6.45, 7) is 0. The highest BCUT2D eigenvalue weighted by Crippen LogP contribution is 2.30. The maximum Gasteiger partial charge on any atom is 0.123 e. The Morgan fingerprint density at radius 1 is 1.40 bits per heavy atom. The quantitative estimate of drug-likeness (QED) is 0.888. The Labute approximate surface area is 119 Å². The fourth-order valence-electron chi connectivity index (χ4n) is 2.70. The predicted molar refractivity (Wildman–Crippen MR) is 79.8 cm³/mol. The largest absolute Gasteiger partial charge is 0.488 e. The average Bonchev–Trinajstić information content (AvgIpc) is 2.90. The number of pyridine rings is 1. The molecule has 4 nitrogen and oxygen atoms in total. The molecule has 4 heteroatoms. The number of fused-ring (bicyclic) bond motifs is 1. The number of nitrogens with two attached hydrogens (primary N) is 1. The number of anilines is 1.